The van der Waals surface area contributed by atoms with Crippen LogP contribution in [-0.2, 0) is 0 Å². The lowest BCUT2D eigenvalue weighted by Crippen LogP contribution is -2.14. The normalized spacial score (nSPS) is 16.2. The van der Waals surface area contributed by atoms with Crippen LogP contribution in [0.2, 0.25) is 0 Å². The fourth-order valence-electron chi connectivity index (χ4n) is 3.47. The molecule has 1 fully saturated rings. The SMILES string of the molecule is Oc1ccccc1-c1nc2cccnc2n1C1CCCCC1. The number of para-hydroxylation sites is 1. The summed E-state index contributed by atoms with van der Waals surface area (Å²) in [5, 5.41) is 10.2. The number of fused-ring (bicyclic) bond motifs is 1. The van der Waals surface area contributed by atoms with Gasteiger partial charge in [0.1, 0.15) is 17.1 Å². The Hall–Kier alpha value is -2.36. The van der Waals surface area contributed by atoms with E-state index in [0.29, 0.717) is 6.04 Å². The molecular weight excluding hydrogens is 274 g/mol. The van der Waals surface area contributed by atoms with Crippen LogP contribution in [0.1, 0.15) is 38.1 Å². The molecule has 2 heterocycles. The molecule has 1 aliphatic carbocycles. The Morgan fingerprint density at radius 2 is 1.82 bits per heavy atom. The van der Waals surface area contributed by atoms with Gasteiger partial charge in [0.15, 0.2) is 5.65 Å². The smallest absolute Gasteiger partial charge is 0.160 e. The van der Waals surface area contributed by atoms with Gasteiger partial charge >= 0.3 is 0 Å². The molecule has 1 aliphatic rings. The van der Waals surface area contributed by atoms with Crippen LogP contribution in [0.4, 0.5) is 0 Å². The molecule has 0 bridgehead atoms. The summed E-state index contributed by atoms with van der Waals surface area (Å²) in [5.74, 6) is 1.11. The van der Waals surface area contributed by atoms with Crippen LogP contribution >= 0.6 is 0 Å². The number of rotatable bonds is 2. The van der Waals surface area contributed by atoms with Crippen LogP contribution in [0.15, 0.2) is 42.6 Å². The molecule has 112 valence electrons. The van der Waals surface area contributed by atoms with Crippen LogP contribution in [-0.4, -0.2) is 19.6 Å². The minimum atomic E-state index is 0.273. The summed E-state index contributed by atoms with van der Waals surface area (Å²) < 4.78 is 2.24. The highest BCUT2D eigenvalue weighted by molar-refractivity contribution is 5.79. The van der Waals surface area contributed by atoms with Crippen LogP contribution in [0.25, 0.3) is 22.6 Å². The quantitative estimate of drug-likeness (QED) is 0.766. The lowest BCUT2D eigenvalue weighted by Gasteiger charge is -2.25. The molecule has 4 nitrogen and oxygen atoms in total. The maximum atomic E-state index is 10.2. The van der Waals surface area contributed by atoms with Crippen molar-refractivity contribution in [1.29, 1.82) is 0 Å². The molecule has 4 rings (SSSR count). The Bertz CT molecular complexity index is 803. The molecule has 1 N–H and O–H groups in total. The zero-order valence-corrected chi connectivity index (χ0v) is 12.4. The van der Waals surface area contributed by atoms with Crippen molar-refractivity contribution in [3.05, 3.63) is 42.6 Å². The molecule has 2 aromatic heterocycles. The third-order valence-electron chi connectivity index (χ3n) is 4.53. The number of nitrogens with zero attached hydrogens (tertiary/aromatic N) is 3. The molecule has 4 heteroatoms. The fourth-order valence-corrected chi connectivity index (χ4v) is 3.47. The number of aromatic hydroxyl groups is 1. The highest BCUT2D eigenvalue weighted by atomic mass is 16.3. The Labute approximate surface area is 129 Å². The van der Waals surface area contributed by atoms with Gasteiger partial charge in [0.05, 0.1) is 5.56 Å². The van der Waals surface area contributed by atoms with Gasteiger partial charge in [-0.2, -0.15) is 0 Å². The van der Waals surface area contributed by atoms with Crippen molar-refractivity contribution in [3.8, 4) is 17.1 Å². The topological polar surface area (TPSA) is 50.9 Å². The van der Waals surface area contributed by atoms with E-state index in [1.807, 2.05) is 36.5 Å². The number of phenols is 1. The highest BCUT2D eigenvalue weighted by Crippen LogP contribution is 2.37. The molecular formula is C18H19N3O. The third kappa shape index (κ3) is 2.15. The number of hydrogen-bond donors (Lipinski definition) is 1. The summed E-state index contributed by atoms with van der Waals surface area (Å²) >= 11 is 0. The molecule has 0 amide bonds. The zero-order valence-electron chi connectivity index (χ0n) is 12.4. The van der Waals surface area contributed by atoms with Crippen LogP contribution in [0.5, 0.6) is 5.75 Å². The molecule has 0 unspecified atom stereocenters. The standard InChI is InChI=1S/C18H19N3O/c22-16-11-5-4-9-14(16)17-20-15-10-6-12-19-18(15)21(17)13-7-2-1-3-8-13/h4-6,9-13,22H,1-3,7-8H2. The van der Waals surface area contributed by atoms with Gasteiger partial charge in [-0.1, -0.05) is 31.4 Å². The Morgan fingerprint density at radius 3 is 2.64 bits per heavy atom. The van der Waals surface area contributed by atoms with Crippen LogP contribution < -0.4 is 0 Å². The van der Waals surface area contributed by atoms with Crippen molar-refractivity contribution in [1.82, 2.24) is 14.5 Å². The number of aromatic nitrogens is 3. The molecule has 0 spiro atoms. The highest BCUT2D eigenvalue weighted by Gasteiger charge is 2.23. The minimum absolute atomic E-state index is 0.273. The van der Waals surface area contributed by atoms with E-state index in [2.05, 4.69) is 9.55 Å². The Morgan fingerprint density at radius 1 is 1.00 bits per heavy atom. The van der Waals surface area contributed by atoms with Gasteiger partial charge in [-0.15, -0.1) is 0 Å². The first kappa shape index (κ1) is 13.3. The maximum absolute atomic E-state index is 10.2. The minimum Gasteiger partial charge on any atom is -0.507 e. The number of pyridine rings is 1. The van der Waals surface area contributed by atoms with Crippen molar-refractivity contribution >= 4 is 11.2 Å². The first-order valence-electron chi connectivity index (χ1n) is 7.96. The van der Waals surface area contributed by atoms with Gasteiger partial charge in [-0.25, -0.2) is 9.97 Å². The van der Waals surface area contributed by atoms with Gasteiger partial charge in [0.25, 0.3) is 0 Å². The van der Waals surface area contributed by atoms with E-state index in [9.17, 15) is 5.11 Å². The van der Waals surface area contributed by atoms with Crippen molar-refractivity contribution in [3.63, 3.8) is 0 Å². The monoisotopic (exact) mass is 293 g/mol. The molecule has 22 heavy (non-hydrogen) atoms. The van der Waals surface area contributed by atoms with Gasteiger partial charge < -0.3 is 9.67 Å². The van der Waals surface area contributed by atoms with E-state index in [1.165, 1.54) is 19.3 Å². The van der Waals surface area contributed by atoms with E-state index >= 15 is 0 Å². The predicted molar refractivity (Wildman–Crippen MR) is 86.8 cm³/mol. The molecule has 1 saturated carbocycles. The second-order valence-electron chi connectivity index (χ2n) is 5.96. The van der Waals surface area contributed by atoms with Gasteiger partial charge in [-0.3, -0.25) is 0 Å². The van der Waals surface area contributed by atoms with Crippen molar-refractivity contribution < 1.29 is 5.11 Å². The van der Waals surface area contributed by atoms with Gasteiger partial charge in [-0.05, 0) is 37.1 Å². The second kappa shape index (κ2) is 5.44. The van der Waals surface area contributed by atoms with Crippen molar-refractivity contribution in [2.45, 2.75) is 38.1 Å². The molecule has 3 aromatic rings. The van der Waals surface area contributed by atoms with Crippen molar-refractivity contribution in [2.24, 2.45) is 0 Å². The summed E-state index contributed by atoms with van der Waals surface area (Å²) in [6.07, 6.45) is 7.93. The average molecular weight is 293 g/mol. The fraction of sp³-hybridized carbons (Fsp3) is 0.333. The van der Waals surface area contributed by atoms with Gasteiger partial charge in [0.2, 0.25) is 0 Å². The van der Waals surface area contributed by atoms with E-state index < -0.39 is 0 Å². The van der Waals surface area contributed by atoms with Crippen molar-refractivity contribution in [2.75, 3.05) is 0 Å². The zero-order chi connectivity index (χ0) is 14.9. The Balaban J connectivity index is 1.95. The van der Waals surface area contributed by atoms with E-state index in [4.69, 9.17) is 4.98 Å². The van der Waals surface area contributed by atoms with Crippen LogP contribution in [0, 0.1) is 0 Å². The molecule has 1 aromatic carbocycles. The van der Waals surface area contributed by atoms with E-state index in [-0.39, 0.29) is 5.75 Å². The molecule has 0 atom stereocenters. The summed E-state index contributed by atoms with van der Waals surface area (Å²) in [4.78, 5) is 9.31. The van der Waals surface area contributed by atoms with E-state index in [1.54, 1.807) is 6.07 Å². The number of phenolic OH excluding ortho intramolecular Hbond substituents is 1. The molecule has 0 radical (unpaired) electrons. The number of benzene rings is 1. The lowest BCUT2D eigenvalue weighted by molar-refractivity contribution is 0.360. The lowest BCUT2D eigenvalue weighted by atomic mass is 9.95. The first-order chi connectivity index (χ1) is 10.8. The van der Waals surface area contributed by atoms with Crippen LogP contribution in [0.3, 0.4) is 0 Å². The number of hydrogen-bond acceptors (Lipinski definition) is 3. The van der Waals surface area contributed by atoms with E-state index in [0.717, 1.165) is 35.4 Å². The first-order valence-corrected chi connectivity index (χ1v) is 7.96. The molecule has 0 saturated heterocycles. The predicted octanol–water partition coefficient (Wildman–Crippen LogP) is 4.31. The third-order valence-corrected chi connectivity index (χ3v) is 4.53. The summed E-state index contributed by atoms with van der Waals surface area (Å²) in [6.45, 7) is 0. The second-order valence-corrected chi connectivity index (χ2v) is 5.96. The maximum Gasteiger partial charge on any atom is 0.160 e. The summed E-state index contributed by atoms with van der Waals surface area (Å²) in [7, 11) is 0. The average Bonchev–Trinajstić information content (AvgIpc) is 2.95. The summed E-state index contributed by atoms with van der Waals surface area (Å²) in [6, 6.07) is 11.7. The Kier molecular flexibility index (Phi) is 3.29. The summed E-state index contributed by atoms with van der Waals surface area (Å²) in [5.41, 5.74) is 2.60. The van der Waals surface area contributed by atoms with Gasteiger partial charge in [0, 0.05) is 12.2 Å². The largest absolute Gasteiger partial charge is 0.507 e. The molecule has 0 aliphatic heterocycles. The number of imidazole rings is 1.